The van der Waals surface area contributed by atoms with Crippen LogP contribution in [0.5, 0.6) is 0 Å². The zero-order valence-corrected chi connectivity index (χ0v) is 17.1. The van der Waals surface area contributed by atoms with E-state index in [9.17, 15) is 13.5 Å². The van der Waals surface area contributed by atoms with Gasteiger partial charge in [-0.05, 0) is 37.5 Å². The van der Waals surface area contributed by atoms with Crippen LogP contribution in [-0.2, 0) is 14.8 Å². The zero-order valence-electron chi connectivity index (χ0n) is 16.3. The van der Waals surface area contributed by atoms with Crippen LogP contribution in [0.2, 0.25) is 0 Å². The van der Waals surface area contributed by atoms with Gasteiger partial charge in [-0.1, -0.05) is 51.7 Å². The van der Waals surface area contributed by atoms with Crippen molar-refractivity contribution in [3.05, 3.63) is 29.8 Å². The number of rotatable bonds is 14. The molecule has 1 aromatic rings. The van der Waals surface area contributed by atoms with Crippen molar-refractivity contribution in [2.24, 2.45) is 0 Å². The maximum atomic E-state index is 12.4. The van der Waals surface area contributed by atoms with Crippen LogP contribution in [0.3, 0.4) is 0 Å². The fourth-order valence-corrected chi connectivity index (χ4v) is 3.44. The van der Waals surface area contributed by atoms with Gasteiger partial charge in [0, 0.05) is 6.61 Å². The summed E-state index contributed by atoms with van der Waals surface area (Å²) in [6.45, 7) is 6.52. The lowest BCUT2D eigenvalue weighted by Gasteiger charge is -2.25. The van der Waals surface area contributed by atoms with Gasteiger partial charge in [-0.25, -0.2) is 12.8 Å². The van der Waals surface area contributed by atoms with Gasteiger partial charge in [0.25, 0.3) is 0 Å². The average Bonchev–Trinajstić information content (AvgIpc) is 2.65. The lowest BCUT2D eigenvalue weighted by atomic mass is 10.0. The van der Waals surface area contributed by atoms with E-state index in [0.29, 0.717) is 18.7 Å². The van der Waals surface area contributed by atoms with E-state index in [2.05, 4.69) is 19.3 Å². The second-order valence-electron chi connectivity index (χ2n) is 6.33. The van der Waals surface area contributed by atoms with Gasteiger partial charge in [0.1, 0.15) is 6.73 Å². The summed E-state index contributed by atoms with van der Waals surface area (Å²) in [6, 6.07) is 6.99. The predicted molar refractivity (Wildman–Crippen MR) is 106 cm³/mol. The van der Waals surface area contributed by atoms with Crippen molar-refractivity contribution in [1.82, 2.24) is 5.43 Å². The van der Waals surface area contributed by atoms with Crippen molar-refractivity contribution in [3.63, 3.8) is 0 Å². The quantitative estimate of drug-likeness (QED) is 0.289. The minimum absolute atomic E-state index is 0.0175. The van der Waals surface area contributed by atoms with Crippen molar-refractivity contribution < 1.29 is 18.3 Å². The number of aliphatic hydroxyl groups is 1. The Morgan fingerprint density at radius 1 is 1.08 bits per heavy atom. The maximum absolute atomic E-state index is 12.4. The molecule has 0 aromatic heterocycles. The Labute approximate surface area is 158 Å². The Kier molecular flexibility index (Phi) is 10.8. The van der Waals surface area contributed by atoms with Gasteiger partial charge in [0.05, 0.1) is 17.5 Å². The number of anilines is 1. The van der Waals surface area contributed by atoms with Gasteiger partial charge in [-0.15, -0.1) is 0 Å². The summed E-state index contributed by atoms with van der Waals surface area (Å²) in [5.74, 6) is -0.0175. The highest BCUT2D eigenvalue weighted by Gasteiger charge is 2.20. The summed E-state index contributed by atoms with van der Waals surface area (Å²) in [5, 5.41) is 10.2. The number of benzene rings is 1. The van der Waals surface area contributed by atoms with Gasteiger partial charge in [-0.2, -0.15) is 5.43 Å². The highest BCUT2D eigenvalue weighted by Crippen LogP contribution is 2.23. The summed E-state index contributed by atoms with van der Waals surface area (Å²) >= 11 is 0. The molecule has 26 heavy (non-hydrogen) atoms. The van der Waals surface area contributed by atoms with Crippen molar-refractivity contribution in [3.8, 4) is 0 Å². The third-order valence-electron chi connectivity index (χ3n) is 4.19. The standard InChI is InChI=1S/C19H34N2O4S/c1-4-7-9-10-19(22)17-11-13-18(14-12-17)21(26(23,24)6-3)20-16-25-15-8-5-2/h11-14,19-20,22H,4-10,15-16H2,1-3H3. The molecule has 1 atom stereocenters. The molecule has 0 fully saturated rings. The molecule has 150 valence electrons. The number of unbranched alkanes of at least 4 members (excludes halogenated alkanes) is 3. The first kappa shape index (κ1) is 22.9. The molecule has 0 saturated heterocycles. The number of ether oxygens (including phenoxy) is 1. The maximum Gasteiger partial charge on any atom is 0.248 e. The van der Waals surface area contributed by atoms with Gasteiger partial charge >= 0.3 is 0 Å². The Morgan fingerprint density at radius 2 is 1.73 bits per heavy atom. The molecule has 0 aliphatic carbocycles. The van der Waals surface area contributed by atoms with Gasteiger partial charge in [-0.3, -0.25) is 0 Å². The van der Waals surface area contributed by atoms with E-state index in [4.69, 9.17) is 4.74 Å². The van der Waals surface area contributed by atoms with Crippen LogP contribution in [0.25, 0.3) is 0 Å². The number of nitrogens with zero attached hydrogens (tertiary/aromatic N) is 1. The van der Waals surface area contributed by atoms with Crippen molar-refractivity contribution in [2.75, 3.05) is 23.5 Å². The number of sulfonamides is 1. The Balaban J connectivity index is 2.77. The molecule has 0 heterocycles. The summed E-state index contributed by atoms with van der Waals surface area (Å²) in [7, 11) is -3.48. The lowest BCUT2D eigenvalue weighted by molar-refractivity contribution is 0.115. The topological polar surface area (TPSA) is 78.9 Å². The van der Waals surface area contributed by atoms with Gasteiger partial charge < -0.3 is 9.84 Å². The number of aliphatic hydroxyl groups excluding tert-OH is 1. The minimum atomic E-state index is -3.48. The third kappa shape index (κ3) is 7.61. The molecule has 2 N–H and O–H groups in total. The smallest absolute Gasteiger partial charge is 0.248 e. The molecule has 1 aromatic carbocycles. The highest BCUT2D eigenvalue weighted by atomic mass is 32.2. The van der Waals surface area contributed by atoms with Crippen LogP contribution >= 0.6 is 0 Å². The van der Waals surface area contributed by atoms with E-state index in [-0.39, 0.29) is 12.5 Å². The number of hydrogen-bond acceptors (Lipinski definition) is 5. The molecule has 1 unspecified atom stereocenters. The molecule has 0 spiro atoms. The lowest BCUT2D eigenvalue weighted by Crippen LogP contribution is -2.45. The SMILES string of the molecule is CCCCCC(O)c1ccc(N(NCOCCCC)S(=O)(=O)CC)cc1. The largest absolute Gasteiger partial charge is 0.388 e. The van der Waals surface area contributed by atoms with Gasteiger partial charge in [0.15, 0.2) is 0 Å². The average molecular weight is 387 g/mol. The first-order valence-corrected chi connectivity index (χ1v) is 11.2. The van der Waals surface area contributed by atoms with Crippen LogP contribution in [0, 0.1) is 0 Å². The fraction of sp³-hybridized carbons (Fsp3) is 0.684. The predicted octanol–water partition coefficient (Wildman–Crippen LogP) is 3.74. The Morgan fingerprint density at radius 3 is 2.31 bits per heavy atom. The molecule has 6 nitrogen and oxygen atoms in total. The van der Waals surface area contributed by atoms with Crippen LogP contribution in [0.4, 0.5) is 5.69 Å². The molecular formula is C19H34N2O4S. The van der Waals surface area contributed by atoms with Crippen LogP contribution < -0.4 is 9.84 Å². The van der Waals surface area contributed by atoms with E-state index in [1.54, 1.807) is 31.2 Å². The molecule has 0 radical (unpaired) electrons. The van der Waals surface area contributed by atoms with Crippen LogP contribution in [0.1, 0.15) is 71.0 Å². The molecule has 0 aliphatic rings. The van der Waals surface area contributed by atoms with Gasteiger partial charge in [0.2, 0.25) is 10.0 Å². The van der Waals surface area contributed by atoms with Crippen molar-refractivity contribution in [1.29, 1.82) is 0 Å². The highest BCUT2D eigenvalue weighted by molar-refractivity contribution is 7.92. The first-order valence-electron chi connectivity index (χ1n) is 9.58. The number of nitrogens with one attached hydrogen (secondary N) is 1. The number of hydrogen-bond donors (Lipinski definition) is 2. The van der Waals surface area contributed by atoms with E-state index >= 15 is 0 Å². The molecule has 0 saturated carbocycles. The van der Waals surface area contributed by atoms with E-state index in [1.165, 1.54) is 0 Å². The zero-order chi connectivity index (χ0) is 19.4. The van der Waals surface area contributed by atoms with E-state index < -0.39 is 16.1 Å². The third-order valence-corrected chi connectivity index (χ3v) is 5.81. The normalized spacial score (nSPS) is 12.9. The van der Waals surface area contributed by atoms with Crippen LogP contribution in [0.15, 0.2) is 24.3 Å². The molecule has 0 aliphatic heterocycles. The van der Waals surface area contributed by atoms with Crippen molar-refractivity contribution >= 4 is 15.7 Å². The fourth-order valence-electron chi connectivity index (χ4n) is 2.49. The summed E-state index contributed by atoms with van der Waals surface area (Å²) < 4.78 is 31.3. The minimum Gasteiger partial charge on any atom is -0.388 e. The molecular weight excluding hydrogens is 352 g/mol. The Bertz CT molecular complexity index is 590. The molecule has 0 amide bonds. The molecule has 1 rings (SSSR count). The van der Waals surface area contributed by atoms with E-state index in [0.717, 1.165) is 42.1 Å². The van der Waals surface area contributed by atoms with Crippen molar-refractivity contribution in [2.45, 2.75) is 65.4 Å². The molecule has 7 heteroatoms. The second kappa shape index (κ2) is 12.3. The summed E-state index contributed by atoms with van der Waals surface area (Å²) in [5.41, 5.74) is 4.15. The first-order chi connectivity index (χ1) is 12.5. The monoisotopic (exact) mass is 386 g/mol. The van der Waals surface area contributed by atoms with Crippen LogP contribution in [-0.4, -0.2) is 32.6 Å². The number of hydrazine groups is 1. The second-order valence-corrected chi connectivity index (χ2v) is 8.44. The summed E-state index contributed by atoms with van der Waals surface area (Å²) in [4.78, 5) is 0. The summed E-state index contributed by atoms with van der Waals surface area (Å²) in [6.07, 6.45) is 5.35. The Hall–Kier alpha value is -1.15. The van der Waals surface area contributed by atoms with E-state index in [1.807, 2.05) is 0 Å². The molecule has 0 bridgehead atoms.